The molecule has 2 aromatic rings. The molecular formula is C18H20FNO2. The van der Waals surface area contributed by atoms with Crippen molar-refractivity contribution < 1.29 is 14.3 Å². The summed E-state index contributed by atoms with van der Waals surface area (Å²) in [5, 5.41) is 9.24. The SMILES string of the molecule is CCN(Cc1ccc(F)cc1)C(=O)CCc1ccc(O)cc1. The van der Waals surface area contributed by atoms with Gasteiger partial charge in [0.15, 0.2) is 0 Å². The highest BCUT2D eigenvalue weighted by Crippen LogP contribution is 2.13. The van der Waals surface area contributed by atoms with Gasteiger partial charge in [-0.05, 0) is 48.7 Å². The number of halogens is 1. The fourth-order valence-electron chi connectivity index (χ4n) is 2.26. The summed E-state index contributed by atoms with van der Waals surface area (Å²) in [6.45, 7) is 3.04. The maximum Gasteiger partial charge on any atom is 0.223 e. The standard InChI is InChI=1S/C18H20FNO2/c1-2-20(13-15-3-8-16(19)9-4-15)18(22)12-7-14-5-10-17(21)11-6-14/h3-6,8-11,21H,2,7,12-13H2,1H3. The summed E-state index contributed by atoms with van der Waals surface area (Å²) in [6.07, 6.45) is 1.05. The number of amides is 1. The summed E-state index contributed by atoms with van der Waals surface area (Å²) in [6, 6.07) is 13.1. The van der Waals surface area contributed by atoms with E-state index in [0.717, 1.165) is 11.1 Å². The summed E-state index contributed by atoms with van der Waals surface area (Å²) < 4.78 is 12.9. The van der Waals surface area contributed by atoms with Crippen molar-refractivity contribution in [2.45, 2.75) is 26.3 Å². The molecule has 0 unspecified atom stereocenters. The van der Waals surface area contributed by atoms with E-state index in [1.54, 1.807) is 29.2 Å². The van der Waals surface area contributed by atoms with Gasteiger partial charge < -0.3 is 10.0 Å². The van der Waals surface area contributed by atoms with Gasteiger partial charge in [0.1, 0.15) is 11.6 Å². The number of hydrogen-bond donors (Lipinski definition) is 1. The van der Waals surface area contributed by atoms with Crippen LogP contribution in [-0.4, -0.2) is 22.5 Å². The summed E-state index contributed by atoms with van der Waals surface area (Å²) in [5.41, 5.74) is 1.94. The first kappa shape index (κ1) is 16.0. The van der Waals surface area contributed by atoms with E-state index in [9.17, 15) is 14.3 Å². The third-order valence-corrected chi connectivity index (χ3v) is 3.58. The Morgan fingerprint density at radius 3 is 2.23 bits per heavy atom. The molecule has 0 heterocycles. The van der Waals surface area contributed by atoms with Crippen molar-refractivity contribution in [1.82, 2.24) is 4.90 Å². The molecule has 0 aliphatic rings. The fraction of sp³-hybridized carbons (Fsp3) is 0.278. The fourth-order valence-corrected chi connectivity index (χ4v) is 2.26. The lowest BCUT2D eigenvalue weighted by molar-refractivity contribution is -0.131. The second-order valence-corrected chi connectivity index (χ2v) is 5.20. The Balaban J connectivity index is 1.91. The number of hydrogen-bond acceptors (Lipinski definition) is 2. The molecule has 0 aromatic heterocycles. The average molecular weight is 301 g/mol. The molecule has 0 spiro atoms. The van der Waals surface area contributed by atoms with Crippen molar-refractivity contribution in [3.8, 4) is 5.75 Å². The highest BCUT2D eigenvalue weighted by atomic mass is 19.1. The molecule has 0 radical (unpaired) electrons. The van der Waals surface area contributed by atoms with E-state index in [2.05, 4.69) is 0 Å². The number of nitrogens with zero attached hydrogens (tertiary/aromatic N) is 1. The van der Waals surface area contributed by atoms with Crippen LogP contribution in [0.1, 0.15) is 24.5 Å². The molecule has 1 amide bonds. The van der Waals surface area contributed by atoms with Crippen LogP contribution in [0.4, 0.5) is 4.39 Å². The highest BCUT2D eigenvalue weighted by molar-refractivity contribution is 5.76. The molecule has 1 N–H and O–H groups in total. The van der Waals surface area contributed by atoms with E-state index in [1.807, 2.05) is 19.1 Å². The van der Waals surface area contributed by atoms with Crippen molar-refractivity contribution in [2.24, 2.45) is 0 Å². The van der Waals surface area contributed by atoms with E-state index in [1.165, 1.54) is 12.1 Å². The zero-order chi connectivity index (χ0) is 15.9. The first-order valence-electron chi connectivity index (χ1n) is 7.38. The largest absolute Gasteiger partial charge is 0.508 e. The van der Waals surface area contributed by atoms with Gasteiger partial charge in [-0.25, -0.2) is 4.39 Å². The van der Waals surface area contributed by atoms with Crippen molar-refractivity contribution in [3.05, 3.63) is 65.5 Å². The van der Waals surface area contributed by atoms with E-state index in [0.29, 0.717) is 25.9 Å². The molecule has 0 aliphatic carbocycles. The Kier molecular flexibility index (Phi) is 5.53. The van der Waals surface area contributed by atoms with Gasteiger partial charge in [-0.1, -0.05) is 24.3 Å². The summed E-state index contributed by atoms with van der Waals surface area (Å²) in [7, 11) is 0. The first-order chi connectivity index (χ1) is 10.6. The maximum atomic E-state index is 12.9. The molecular weight excluding hydrogens is 281 g/mol. The van der Waals surface area contributed by atoms with Crippen LogP contribution in [0, 0.1) is 5.82 Å². The van der Waals surface area contributed by atoms with Gasteiger partial charge in [0.05, 0.1) is 0 Å². The Morgan fingerprint density at radius 2 is 1.64 bits per heavy atom. The third kappa shape index (κ3) is 4.58. The maximum absolute atomic E-state index is 12.9. The number of phenols is 1. The number of rotatable bonds is 6. The second kappa shape index (κ2) is 7.59. The lowest BCUT2D eigenvalue weighted by atomic mass is 10.1. The molecule has 22 heavy (non-hydrogen) atoms. The van der Waals surface area contributed by atoms with Gasteiger partial charge in [0.25, 0.3) is 0 Å². The van der Waals surface area contributed by atoms with E-state index < -0.39 is 0 Å². The Hall–Kier alpha value is -2.36. The molecule has 3 nitrogen and oxygen atoms in total. The van der Waals surface area contributed by atoms with Gasteiger partial charge >= 0.3 is 0 Å². The van der Waals surface area contributed by atoms with Gasteiger partial charge in [0, 0.05) is 19.5 Å². The first-order valence-corrected chi connectivity index (χ1v) is 7.38. The monoisotopic (exact) mass is 301 g/mol. The molecule has 0 aliphatic heterocycles. The highest BCUT2D eigenvalue weighted by Gasteiger charge is 2.12. The molecule has 2 rings (SSSR count). The predicted octanol–water partition coefficient (Wildman–Crippen LogP) is 3.51. The number of phenolic OH excluding ortho intramolecular Hbond substituents is 1. The number of aromatic hydroxyl groups is 1. The van der Waals surface area contributed by atoms with Gasteiger partial charge in [-0.15, -0.1) is 0 Å². The lowest BCUT2D eigenvalue weighted by Gasteiger charge is -2.21. The lowest BCUT2D eigenvalue weighted by Crippen LogP contribution is -2.30. The summed E-state index contributed by atoms with van der Waals surface area (Å²) in [4.78, 5) is 14.0. The van der Waals surface area contributed by atoms with Crippen LogP contribution in [0.2, 0.25) is 0 Å². The van der Waals surface area contributed by atoms with E-state index >= 15 is 0 Å². The van der Waals surface area contributed by atoms with E-state index in [-0.39, 0.29) is 17.5 Å². The van der Waals surface area contributed by atoms with Crippen LogP contribution in [0.15, 0.2) is 48.5 Å². The second-order valence-electron chi connectivity index (χ2n) is 5.20. The van der Waals surface area contributed by atoms with Crippen LogP contribution >= 0.6 is 0 Å². The molecule has 0 atom stereocenters. The molecule has 116 valence electrons. The minimum absolute atomic E-state index is 0.0694. The average Bonchev–Trinajstić information content (AvgIpc) is 2.53. The van der Waals surface area contributed by atoms with Crippen LogP contribution in [-0.2, 0) is 17.8 Å². The van der Waals surface area contributed by atoms with Crippen molar-refractivity contribution in [3.63, 3.8) is 0 Å². The van der Waals surface area contributed by atoms with Crippen LogP contribution in [0.5, 0.6) is 5.75 Å². The van der Waals surface area contributed by atoms with Gasteiger partial charge in [0.2, 0.25) is 5.91 Å². The minimum atomic E-state index is -0.273. The van der Waals surface area contributed by atoms with Crippen molar-refractivity contribution in [1.29, 1.82) is 0 Å². The van der Waals surface area contributed by atoms with Gasteiger partial charge in [-0.3, -0.25) is 4.79 Å². The van der Waals surface area contributed by atoms with Crippen molar-refractivity contribution >= 4 is 5.91 Å². The Morgan fingerprint density at radius 1 is 1.05 bits per heavy atom. The molecule has 0 saturated carbocycles. The third-order valence-electron chi connectivity index (χ3n) is 3.58. The topological polar surface area (TPSA) is 40.5 Å². The number of carbonyl (C=O) groups is 1. The minimum Gasteiger partial charge on any atom is -0.508 e. The normalized spacial score (nSPS) is 10.5. The zero-order valence-electron chi connectivity index (χ0n) is 12.6. The number of benzene rings is 2. The number of carbonyl (C=O) groups excluding carboxylic acids is 1. The summed E-state index contributed by atoms with van der Waals surface area (Å²) >= 11 is 0. The van der Waals surface area contributed by atoms with Crippen molar-refractivity contribution in [2.75, 3.05) is 6.54 Å². The van der Waals surface area contributed by atoms with Crippen LogP contribution in [0.25, 0.3) is 0 Å². The molecule has 0 fully saturated rings. The summed E-state index contributed by atoms with van der Waals surface area (Å²) in [5.74, 6) is 0.0203. The van der Waals surface area contributed by atoms with Crippen LogP contribution < -0.4 is 0 Å². The molecule has 4 heteroatoms. The van der Waals surface area contributed by atoms with E-state index in [4.69, 9.17) is 0 Å². The zero-order valence-corrected chi connectivity index (χ0v) is 12.6. The molecule has 0 bridgehead atoms. The van der Waals surface area contributed by atoms with Crippen LogP contribution in [0.3, 0.4) is 0 Å². The molecule has 2 aromatic carbocycles. The number of aryl methyl sites for hydroxylation is 1. The quantitative estimate of drug-likeness (QED) is 0.887. The predicted molar refractivity (Wildman–Crippen MR) is 83.9 cm³/mol. The Labute approximate surface area is 130 Å². The Bertz CT molecular complexity index is 608. The molecule has 0 saturated heterocycles. The smallest absolute Gasteiger partial charge is 0.223 e. The van der Waals surface area contributed by atoms with Gasteiger partial charge in [-0.2, -0.15) is 0 Å².